The summed E-state index contributed by atoms with van der Waals surface area (Å²) >= 11 is 0. The first-order chi connectivity index (χ1) is 7.84. The molecule has 2 atom stereocenters. The lowest BCUT2D eigenvalue weighted by Crippen LogP contribution is -2.29. The summed E-state index contributed by atoms with van der Waals surface area (Å²) in [6.07, 6.45) is 4.87. The molecular formula is C14H21NO. The lowest BCUT2D eigenvalue weighted by Gasteiger charge is -2.26. The highest BCUT2D eigenvalue weighted by molar-refractivity contribution is 5.13. The molecule has 0 heterocycles. The molecule has 2 N–H and O–H groups in total. The maximum Gasteiger partial charge on any atom is 0.0717 e. The molecule has 2 heteroatoms. The van der Waals surface area contributed by atoms with Crippen LogP contribution in [0.5, 0.6) is 0 Å². The first kappa shape index (κ1) is 11.6. The largest absolute Gasteiger partial charge is 0.376 e. The summed E-state index contributed by atoms with van der Waals surface area (Å²) in [5.41, 5.74) is 7.20. The topological polar surface area (TPSA) is 35.2 Å². The molecule has 88 valence electrons. The Morgan fingerprint density at radius 1 is 1.19 bits per heavy atom. The van der Waals surface area contributed by atoms with Crippen molar-refractivity contribution in [2.45, 2.75) is 38.3 Å². The van der Waals surface area contributed by atoms with Gasteiger partial charge in [0.1, 0.15) is 0 Å². The van der Waals surface area contributed by atoms with E-state index in [1.54, 1.807) is 0 Å². The standard InChI is InChI=1S/C14H21NO/c15-14-8-4-7-13(9-14)11-16-10-12-5-2-1-3-6-12/h1-3,5-6,13-14H,4,7-11,15H2. The van der Waals surface area contributed by atoms with Gasteiger partial charge in [-0.05, 0) is 30.7 Å². The third-order valence-electron chi connectivity index (χ3n) is 3.29. The maximum absolute atomic E-state index is 5.95. The second kappa shape index (κ2) is 6.02. The molecule has 0 radical (unpaired) electrons. The van der Waals surface area contributed by atoms with Crippen LogP contribution >= 0.6 is 0 Å². The first-order valence-electron chi connectivity index (χ1n) is 6.22. The van der Waals surface area contributed by atoms with Crippen molar-refractivity contribution in [1.82, 2.24) is 0 Å². The Morgan fingerprint density at radius 3 is 2.75 bits per heavy atom. The fourth-order valence-corrected chi connectivity index (χ4v) is 2.40. The van der Waals surface area contributed by atoms with Crippen molar-refractivity contribution in [2.75, 3.05) is 6.61 Å². The van der Waals surface area contributed by atoms with Gasteiger partial charge in [-0.1, -0.05) is 36.8 Å². The minimum absolute atomic E-state index is 0.402. The normalized spacial score (nSPS) is 25.6. The Bertz CT molecular complexity index is 299. The lowest BCUT2D eigenvalue weighted by atomic mass is 9.87. The van der Waals surface area contributed by atoms with E-state index in [0.29, 0.717) is 12.0 Å². The van der Waals surface area contributed by atoms with E-state index in [2.05, 4.69) is 24.3 Å². The number of nitrogens with two attached hydrogens (primary N) is 1. The van der Waals surface area contributed by atoms with Gasteiger partial charge in [0.25, 0.3) is 0 Å². The Morgan fingerprint density at radius 2 is 2.00 bits per heavy atom. The average Bonchev–Trinajstić information content (AvgIpc) is 2.30. The van der Waals surface area contributed by atoms with E-state index in [4.69, 9.17) is 10.5 Å². The Hall–Kier alpha value is -0.860. The van der Waals surface area contributed by atoms with Crippen molar-refractivity contribution in [1.29, 1.82) is 0 Å². The molecule has 0 aromatic heterocycles. The smallest absolute Gasteiger partial charge is 0.0717 e. The highest BCUT2D eigenvalue weighted by Gasteiger charge is 2.18. The summed E-state index contributed by atoms with van der Waals surface area (Å²) in [6.45, 7) is 1.59. The molecule has 0 aliphatic heterocycles. The van der Waals surface area contributed by atoms with Gasteiger partial charge in [0.2, 0.25) is 0 Å². The first-order valence-corrected chi connectivity index (χ1v) is 6.22. The van der Waals surface area contributed by atoms with E-state index in [-0.39, 0.29) is 0 Å². The van der Waals surface area contributed by atoms with Crippen LogP contribution in [0.2, 0.25) is 0 Å². The van der Waals surface area contributed by atoms with Gasteiger partial charge in [0.05, 0.1) is 6.61 Å². The van der Waals surface area contributed by atoms with Gasteiger partial charge in [-0.2, -0.15) is 0 Å². The van der Waals surface area contributed by atoms with Crippen LogP contribution in [0.3, 0.4) is 0 Å². The molecule has 16 heavy (non-hydrogen) atoms. The van der Waals surface area contributed by atoms with Gasteiger partial charge in [-0.15, -0.1) is 0 Å². The molecule has 2 nitrogen and oxygen atoms in total. The van der Waals surface area contributed by atoms with E-state index in [9.17, 15) is 0 Å². The van der Waals surface area contributed by atoms with Gasteiger partial charge in [0, 0.05) is 12.6 Å². The number of ether oxygens (including phenoxy) is 1. The third kappa shape index (κ3) is 3.62. The van der Waals surface area contributed by atoms with Crippen LogP contribution in [-0.4, -0.2) is 12.6 Å². The van der Waals surface area contributed by atoms with E-state index in [1.807, 2.05) is 6.07 Å². The van der Waals surface area contributed by atoms with Crippen molar-refractivity contribution in [3.8, 4) is 0 Å². The van der Waals surface area contributed by atoms with Gasteiger partial charge in [-0.25, -0.2) is 0 Å². The van der Waals surface area contributed by atoms with E-state index in [0.717, 1.165) is 19.6 Å². The molecule has 1 aliphatic carbocycles. The summed E-state index contributed by atoms with van der Waals surface area (Å²) in [5.74, 6) is 0.674. The molecule has 2 rings (SSSR count). The van der Waals surface area contributed by atoms with Crippen LogP contribution in [0.15, 0.2) is 30.3 Å². The van der Waals surface area contributed by atoms with Gasteiger partial charge in [0.15, 0.2) is 0 Å². The molecule has 1 saturated carbocycles. The van der Waals surface area contributed by atoms with Crippen LogP contribution < -0.4 is 5.73 Å². The quantitative estimate of drug-likeness (QED) is 0.845. The second-order valence-corrected chi connectivity index (χ2v) is 4.79. The summed E-state index contributed by atoms with van der Waals surface area (Å²) in [5, 5.41) is 0. The number of hydrogen-bond donors (Lipinski definition) is 1. The highest BCUT2D eigenvalue weighted by Crippen LogP contribution is 2.23. The average molecular weight is 219 g/mol. The Kier molecular flexibility index (Phi) is 4.37. The molecule has 0 amide bonds. The zero-order chi connectivity index (χ0) is 11.2. The molecule has 0 spiro atoms. The number of rotatable bonds is 4. The van der Waals surface area contributed by atoms with Gasteiger partial charge >= 0.3 is 0 Å². The summed E-state index contributed by atoms with van der Waals surface area (Å²) in [4.78, 5) is 0. The fourth-order valence-electron chi connectivity index (χ4n) is 2.40. The molecule has 0 bridgehead atoms. The SMILES string of the molecule is NC1CCCC(COCc2ccccc2)C1. The monoisotopic (exact) mass is 219 g/mol. The molecule has 1 aromatic rings. The summed E-state index contributed by atoms with van der Waals surface area (Å²) in [7, 11) is 0. The van der Waals surface area contributed by atoms with Crippen LogP contribution in [0.1, 0.15) is 31.2 Å². The molecule has 1 aromatic carbocycles. The van der Waals surface area contributed by atoms with Crippen LogP contribution in [0.4, 0.5) is 0 Å². The zero-order valence-corrected chi connectivity index (χ0v) is 9.77. The minimum atomic E-state index is 0.402. The predicted molar refractivity (Wildman–Crippen MR) is 66.0 cm³/mol. The molecule has 0 saturated heterocycles. The zero-order valence-electron chi connectivity index (χ0n) is 9.77. The molecule has 2 unspecified atom stereocenters. The van der Waals surface area contributed by atoms with Crippen LogP contribution in [0.25, 0.3) is 0 Å². The molecular weight excluding hydrogens is 198 g/mol. The van der Waals surface area contributed by atoms with Gasteiger partial charge in [-0.3, -0.25) is 0 Å². The summed E-state index contributed by atoms with van der Waals surface area (Å²) < 4.78 is 5.75. The Balaban J connectivity index is 1.68. The van der Waals surface area contributed by atoms with Gasteiger partial charge < -0.3 is 10.5 Å². The summed E-state index contributed by atoms with van der Waals surface area (Å²) in [6, 6.07) is 10.7. The minimum Gasteiger partial charge on any atom is -0.376 e. The van der Waals surface area contributed by atoms with Crippen LogP contribution in [0, 0.1) is 5.92 Å². The molecule has 1 aliphatic rings. The van der Waals surface area contributed by atoms with Crippen molar-refractivity contribution in [2.24, 2.45) is 11.7 Å². The number of benzene rings is 1. The van der Waals surface area contributed by atoms with E-state index >= 15 is 0 Å². The van der Waals surface area contributed by atoms with E-state index in [1.165, 1.54) is 24.8 Å². The predicted octanol–water partition coefficient (Wildman–Crippen LogP) is 2.72. The second-order valence-electron chi connectivity index (χ2n) is 4.79. The maximum atomic E-state index is 5.95. The third-order valence-corrected chi connectivity index (χ3v) is 3.29. The highest BCUT2D eigenvalue weighted by atomic mass is 16.5. The van der Waals surface area contributed by atoms with Crippen LogP contribution in [-0.2, 0) is 11.3 Å². The van der Waals surface area contributed by atoms with Crippen molar-refractivity contribution >= 4 is 0 Å². The lowest BCUT2D eigenvalue weighted by molar-refractivity contribution is 0.0709. The number of hydrogen-bond acceptors (Lipinski definition) is 2. The van der Waals surface area contributed by atoms with E-state index < -0.39 is 0 Å². The van der Waals surface area contributed by atoms with Crippen molar-refractivity contribution in [3.63, 3.8) is 0 Å². The fraction of sp³-hybridized carbons (Fsp3) is 0.571. The van der Waals surface area contributed by atoms with Crippen molar-refractivity contribution < 1.29 is 4.74 Å². The van der Waals surface area contributed by atoms with Crippen molar-refractivity contribution in [3.05, 3.63) is 35.9 Å². The molecule has 1 fully saturated rings. The Labute approximate surface area is 97.8 Å².